The lowest BCUT2D eigenvalue weighted by Crippen LogP contribution is -2.00. The first-order valence-corrected chi connectivity index (χ1v) is 11.7. The van der Waals surface area contributed by atoms with Gasteiger partial charge >= 0.3 is 0 Å². The summed E-state index contributed by atoms with van der Waals surface area (Å²) in [7, 11) is 0. The zero-order valence-corrected chi connectivity index (χ0v) is 19.1. The summed E-state index contributed by atoms with van der Waals surface area (Å²) < 4.78 is 8.58. The Morgan fingerprint density at radius 2 is 1.40 bits per heavy atom. The lowest BCUT2D eigenvalue weighted by Gasteiger charge is -2.11. The fourth-order valence-electron chi connectivity index (χ4n) is 4.97. The van der Waals surface area contributed by atoms with Gasteiger partial charge in [0.15, 0.2) is 0 Å². The molecule has 0 radical (unpaired) electrons. The SMILES string of the molecule is Cc1nc(-c2ccccc2)cc2nc(-c3cccc4c3oc3ccccc34)n(-c3ccccc3)c12. The second-order valence-electron chi connectivity index (χ2n) is 8.71. The van der Waals surface area contributed by atoms with Gasteiger partial charge in [-0.3, -0.25) is 9.55 Å². The van der Waals surface area contributed by atoms with Crippen LogP contribution in [-0.2, 0) is 0 Å². The number of hydrogen-bond acceptors (Lipinski definition) is 3. The molecule has 0 saturated heterocycles. The van der Waals surface area contributed by atoms with Crippen LogP contribution in [0.5, 0.6) is 0 Å². The first-order valence-electron chi connectivity index (χ1n) is 11.7. The summed E-state index contributed by atoms with van der Waals surface area (Å²) in [4.78, 5) is 10.2. The Balaban J connectivity index is 1.57. The summed E-state index contributed by atoms with van der Waals surface area (Å²) in [6.07, 6.45) is 0. The number of hydrogen-bond donors (Lipinski definition) is 0. The Morgan fingerprint density at radius 3 is 2.23 bits per heavy atom. The number of benzene rings is 4. The van der Waals surface area contributed by atoms with E-state index in [0.29, 0.717) is 0 Å². The van der Waals surface area contributed by atoms with Gasteiger partial charge < -0.3 is 4.42 Å². The van der Waals surface area contributed by atoms with Gasteiger partial charge in [-0.05, 0) is 37.3 Å². The molecule has 3 heterocycles. The summed E-state index contributed by atoms with van der Waals surface area (Å²) in [5, 5.41) is 2.19. The van der Waals surface area contributed by atoms with E-state index in [-0.39, 0.29) is 0 Å². The van der Waals surface area contributed by atoms with Gasteiger partial charge in [-0.2, -0.15) is 0 Å². The molecule has 0 N–H and O–H groups in total. The molecule has 7 rings (SSSR count). The molecular weight excluding hydrogens is 430 g/mol. The number of furan rings is 1. The molecule has 3 aromatic heterocycles. The van der Waals surface area contributed by atoms with Crippen molar-refractivity contribution in [2.45, 2.75) is 6.92 Å². The highest BCUT2D eigenvalue weighted by Gasteiger charge is 2.21. The van der Waals surface area contributed by atoms with Crippen molar-refractivity contribution < 1.29 is 4.42 Å². The van der Waals surface area contributed by atoms with Crippen LogP contribution in [0.3, 0.4) is 0 Å². The minimum Gasteiger partial charge on any atom is -0.455 e. The van der Waals surface area contributed by atoms with Crippen molar-refractivity contribution in [3.05, 3.63) is 115 Å². The minimum atomic E-state index is 0.839. The van der Waals surface area contributed by atoms with Gasteiger partial charge in [0.05, 0.1) is 28.0 Å². The molecule has 4 nitrogen and oxygen atoms in total. The van der Waals surface area contributed by atoms with E-state index in [1.807, 2.05) is 54.6 Å². The molecule has 4 aromatic carbocycles. The topological polar surface area (TPSA) is 43.9 Å². The first kappa shape index (κ1) is 19.7. The summed E-state index contributed by atoms with van der Waals surface area (Å²) in [6.45, 7) is 2.06. The predicted octanol–water partition coefficient (Wildman–Crippen LogP) is 7.96. The Kier molecular flexibility index (Phi) is 4.33. The number of pyridine rings is 1. The molecular formula is C31H21N3O. The maximum Gasteiger partial charge on any atom is 0.149 e. The van der Waals surface area contributed by atoms with Crippen molar-refractivity contribution in [2.24, 2.45) is 0 Å². The fraction of sp³-hybridized carbons (Fsp3) is 0.0323. The number of nitrogens with zero attached hydrogens (tertiary/aromatic N) is 3. The van der Waals surface area contributed by atoms with Crippen molar-refractivity contribution in [1.82, 2.24) is 14.5 Å². The van der Waals surface area contributed by atoms with E-state index in [1.54, 1.807) is 0 Å². The Labute approximate surface area is 202 Å². The lowest BCUT2D eigenvalue weighted by molar-refractivity contribution is 0.669. The number of rotatable bonds is 3. The Hall–Kier alpha value is -4.70. The van der Waals surface area contributed by atoms with Crippen molar-refractivity contribution >= 4 is 33.0 Å². The molecule has 0 unspecified atom stereocenters. The number of para-hydroxylation sites is 3. The van der Waals surface area contributed by atoms with Gasteiger partial charge in [0.1, 0.15) is 17.0 Å². The van der Waals surface area contributed by atoms with Gasteiger partial charge in [0.2, 0.25) is 0 Å². The second-order valence-corrected chi connectivity index (χ2v) is 8.71. The molecule has 4 heteroatoms. The number of fused-ring (bicyclic) bond motifs is 4. The smallest absolute Gasteiger partial charge is 0.149 e. The number of aromatic nitrogens is 3. The summed E-state index contributed by atoms with van der Waals surface area (Å²) >= 11 is 0. The average Bonchev–Trinajstić information content (AvgIpc) is 3.49. The molecule has 0 aliphatic rings. The van der Waals surface area contributed by atoms with E-state index in [9.17, 15) is 0 Å². The zero-order chi connectivity index (χ0) is 23.4. The van der Waals surface area contributed by atoms with E-state index >= 15 is 0 Å². The number of imidazole rings is 1. The molecule has 0 atom stereocenters. The van der Waals surface area contributed by atoms with Crippen LogP contribution in [0, 0.1) is 6.92 Å². The van der Waals surface area contributed by atoms with Crippen molar-refractivity contribution in [3.63, 3.8) is 0 Å². The van der Waals surface area contributed by atoms with Crippen LogP contribution in [-0.4, -0.2) is 14.5 Å². The largest absolute Gasteiger partial charge is 0.455 e. The molecule has 166 valence electrons. The van der Waals surface area contributed by atoms with Crippen LogP contribution in [0.2, 0.25) is 0 Å². The first-order chi connectivity index (χ1) is 17.3. The highest BCUT2D eigenvalue weighted by Crippen LogP contribution is 2.38. The summed E-state index contributed by atoms with van der Waals surface area (Å²) in [6, 6.07) is 37.1. The summed E-state index contributed by atoms with van der Waals surface area (Å²) in [5.41, 5.74) is 8.55. The van der Waals surface area contributed by atoms with E-state index in [2.05, 4.69) is 66.1 Å². The third-order valence-electron chi connectivity index (χ3n) is 6.54. The van der Waals surface area contributed by atoms with Gasteiger partial charge in [-0.1, -0.05) is 78.9 Å². The van der Waals surface area contributed by atoms with E-state index in [4.69, 9.17) is 14.4 Å². The highest BCUT2D eigenvalue weighted by molar-refractivity contribution is 6.09. The normalized spacial score (nSPS) is 11.6. The highest BCUT2D eigenvalue weighted by atomic mass is 16.3. The van der Waals surface area contributed by atoms with Crippen LogP contribution in [0.15, 0.2) is 114 Å². The van der Waals surface area contributed by atoms with Crippen LogP contribution in [0.4, 0.5) is 0 Å². The van der Waals surface area contributed by atoms with Crippen molar-refractivity contribution in [2.75, 3.05) is 0 Å². The Morgan fingerprint density at radius 1 is 0.686 bits per heavy atom. The van der Waals surface area contributed by atoms with Gasteiger partial charge in [0.25, 0.3) is 0 Å². The molecule has 0 spiro atoms. The number of aryl methyl sites for hydroxylation is 1. The average molecular weight is 452 g/mol. The molecule has 35 heavy (non-hydrogen) atoms. The van der Waals surface area contributed by atoms with Crippen molar-refractivity contribution in [1.29, 1.82) is 0 Å². The molecule has 7 aromatic rings. The standard InChI is InChI=1S/C31H21N3O/c1-20-29-27(19-26(32-20)21-11-4-2-5-12-21)33-31(34(29)22-13-6-3-7-14-22)25-17-10-16-24-23-15-8-9-18-28(23)35-30(24)25/h2-19H,1H3. The lowest BCUT2D eigenvalue weighted by atomic mass is 10.1. The Bertz CT molecular complexity index is 1850. The monoisotopic (exact) mass is 451 g/mol. The maximum absolute atomic E-state index is 6.38. The van der Waals surface area contributed by atoms with Gasteiger partial charge in [-0.25, -0.2) is 4.98 Å². The quantitative estimate of drug-likeness (QED) is 0.274. The zero-order valence-electron chi connectivity index (χ0n) is 19.1. The molecule has 0 aliphatic heterocycles. The van der Waals surface area contributed by atoms with E-state index in [0.717, 1.165) is 67.0 Å². The van der Waals surface area contributed by atoms with Gasteiger partial charge in [0, 0.05) is 22.0 Å². The van der Waals surface area contributed by atoms with E-state index in [1.165, 1.54) is 0 Å². The van der Waals surface area contributed by atoms with Crippen LogP contribution in [0.1, 0.15) is 5.69 Å². The molecule has 0 aliphatic carbocycles. The van der Waals surface area contributed by atoms with Crippen LogP contribution >= 0.6 is 0 Å². The third-order valence-corrected chi connectivity index (χ3v) is 6.54. The third kappa shape index (κ3) is 3.07. The molecule has 0 bridgehead atoms. The molecule has 0 fully saturated rings. The fourth-order valence-corrected chi connectivity index (χ4v) is 4.97. The van der Waals surface area contributed by atoms with Crippen LogP contribution in [0.25, 0.3) is 61.3 Å². The maximum atomic E-state index is 6.38. The van der Waals surface area contributed by atoms with E-state index < -0.39 is 0 Å². The minimum absolute atomic E-state index is 0.839. The predicted molar refractivity (Wildman–Crippen MR) is 142 cm³/mol. The van der Waals surface area contributed by atoms with Crippen molar-refractivity contribution in [3.8, 4) is 28.3 Å². The molecule has 0 saturated carbocycles. The second kappa shape index (κ2) is 7.67. The molecule has 0 amide bonds. The van der Waals surface area contributed by atoms with Crippen LogP contribution < -0.4 is 0 Å². The summed E-state index contributed by atoms with van der Waals surface area (Å²) in [5.74, 6) is 0.839. The van der Waals surface area contributed by atoms with Gasteiger partial charge in [-0.15, -0.1) is 0 Å².